The summed E-state index contributed by atoms with van der Waals surface area (Å²) < 4.78 is 1.39. The maximum Gasteiger partial charge on any atom is 0.0399 e. The molecular formula is C15H20N2S. The number of hydrogen-bond donors (Lipinski definition) is 1. The summed E-state index contributed by atoms with van der Waals surface area (Å²) in [6.45, 7) is 1.98. The summed E-state index contributed by atoms with van der Waals surface area (Å²) in [4.78, 5) is 2.48. The lowest BCUT2D eigenvalue weighted by atomic mass is 9.85. The molecule has 96 valence electrons. The van der Waals surface area contributed by atoms with Gasteiger partial charge in [-0.2, -0.15) is 0 Å². The van der Waals surface area contributed by atoms with E-state index >= 15 is 0 Å². The van der Waals surface area contributed by atoms with Crippen LogP contribution in [0, 0.1) is 5.92 Å². The topological polar surface area (TPSA) is 29.3 Å². The molecule has 2 unspecified atom stereocenters. The second-order valence-corrected chi connectivity index (χ2v) is 6.16. The number of nitrogens with zero attached hydrogens (tertiary/aromatic N) is 1. The van der Waals surface area contributed by atoms with Crippen molar-refractivity contribution in [3.05, 3.63) is 35.2 Å². The van der Waals surface area contributed by atoms with Gasteiger partial charge in [0.2, 0.25) is 0 Å². The molecule has 3 heteroatoms. The molecule has 3 rings (SSSR count). The van der Waals surface area contributed by atoms with Crippen molar-refractivity contribution in [3.63, 3.8) is 0 Å². The van der Waals surface area contributed by atoms with Crippen LogP contribution in [0.25, 0.3) is 10.1 Å². The first kappa shape index (κ1) is 12.2. The van der Waals surface area contributed by atoms with Crippen LogP contribution in [0.2, 0.25) is 0 Å². The van der Waals surface area contributed by atoms with Gasteiger partial charge in [0.05, 0.1) is 0 Å². The standard InChI is InChI=1S/C15H20N2S/c1-17-8-4-5-11(9-16)15(17)13-10-18-14-7-3-2-6-12(13)14/h2-3,6-7,10-11,15H,4-5,8-9,16H2,1H3. The van der Waals surface area contributed by atoms with Crippen molar-refractivity contribution in [2.75, 3.05) is 20.1 Å². The summed E-state index contributed by atoms with van der Waals surface area (Å²) in [6, 6.07) is 9.22. The molecule has 1 aromatic heterocycles. The van der Waals surface area contributed by atoms with Crippen LogP contribution in [0.3, 0.4) is 0 Å². The minimum Gasteiger partial charge on any atom is -0.330 e. The van der Waals surface area contributed by atoms with Crippen LogP contribution in [0.4, 0.5) is 0 Å². The highest BCUT2D eigenvalue weighted by Gasteiger charge is 2.30. The van der Waals surface area contributed by atoms with Crippen LogP contribution in [-0.2, 0) is 0 Å². The van der Waals surface area contributed by atoms with E-state index in [9.17, 15) is 0 Å². The van der Waals surface area contributed by atoms with E-state index in [1.54, 1.807) is 0 Å². The van der Waals surface area contributed by atoms with Gasteiger partial charge in [-0.1, -0.05) is 18.2 Å². The number of hydrogen-bond acceptors (Lipinski definition) is 3. The van der Waals surface area contributed by atoms with Gasteiger partial charge in [-0.05, 0) is 61.3 Å². The molecule has 1 saturated heterocycles. The first-order valence-corrected chi connectivity index (χ1v) is 7.55. The van der Waals surface area contributed by atoms with Gasteiger partial charge in [0.1, 0.15) is 0 Å². The lowest BCUT2D eigenvalue weighted by Gasteiger charge is -2.38. The Morgan fingerprint density at radius 3 is 3.06 bits per heavy atom. The Labute approximate surface area is 112 Å². The summed E-state index contributed by atoms with van der Waals surface area (Å²) in [5.74, 6) is 0.599. The van der Waals surface area contributed by atoms with E-state index in [4.69, 9.17) is 5.73 Å². The van der Waals surface area contributed by atoms with Gasteiger partial charge in [0.25, 0.3) is 0 Å². The van der Waals surface area contributed by atoms with Gasteiger partial charge in [-0.3, -0.25) is 4.90 Å². The number of benzene rings is 1. The van der Waals surface area contributed by atoms with E-state index in [2.05, 4.69) is 41.6 Å². The van der Waals surface area contributed by atoms with Gasteiger partial charge < -0.3 is 5.73 Å². The zero-order chi connectivity index (χ0) is 12.5. The van der Waals surface area contributed by atoms with Crippen LogP contribution >= 0.6 is 11.3 Å². The molecule has 0 bridgehead atoms. The van der Waals surface area contributed by atoms with Crippen LogP contribution in [-0.4, -0.2) is 25.0 Å². The molecule has 0 radical (unpaired) electrons. The number of nitrogens with two attached hydrogens (primary N) is 1. The zero-order valence-corrected chi connectivity index (χ0v) is 11.6. The molecule has 0 amide bonds. The fourth-order valence-corrected chi connectivity index (χ4v) is 4.22. The normalized spacial score (nSPS) is 25.7. The van der Waals surface area contributed by atoms with Crippen LogP contribution < -0.4 is 5.73 Å². The van der Waals surface area contributed by atoms with E-state index < -0.39 is 0 Å². The Morgan fingerprint density at radius 1 is 1.39 bits per heavy atom. The SMILES string of the molecule is CN1CCCC(CN)C1c1csc2ccccc12. The minimum absolute atomic E-state index is 0.500. The van der Waals surface area contributed by atoms with Crippen molar-refractivity contribution >= 4 is 21.4 Å². The fourth-order valence-electron chi connectivity index (χ4n) is 3.23. The van der Waals surface area contributed by atoms with Gasteiger partial charge >= 0.3 is 0 Å². The Kier molecular flexibility index (Phi) is 3.37. The highest BCUT2D eigenvalue weighted by Crippen LogP contribution is 2.40. The maximum atomic E-state index is 5.98. The van der Waals surface area contributed by atoms with Gasteiger partial charge in [-0.15, -0.1) is 11.3 Å². The molecule has 0 aliphatic carbocycles. The van der Waals surface area contributed by atoms with Crippen LogP contribution in [0.1, 0.15) is 24.4 Å². The number of likely N-dealkylation sites (tertiary alicyclic amines) is 1. The Morgan fingerprint density at radius 2 is 2.22 bits per heavy atom. The molecule has 1 aliphatic rings. The maximum absolute atomic E-state index is 5.98. The van der Waals surface area contributed by atoms with Crippen LogP contribution in [0.15, 0.2) is 29.6 Å². The van der Waals surface area contributed by atoms with Gasteiger partial charge in [0, 0.05) is 10.7 Å². The molecule has 2 N–H and O–H groups in total. The predicted molar refractivity (Wildman–Crippen MR) is 79.0 cm³/mol. The van der Waals surface area contributed by atoms with Crippen molar-refractivity contribution in [3.8, 4) is 0 Å². The second kappa shape index (κ2) is 5.00. The third kappa shape index (κ3) is 1.96. The molecule has 1 fully saturated rings. The summed E-state index contributed by atoms with van der Waals surface area (Å²) in [5, 5.41) is 3.75. The highest BCUT2D eigenvalue weighted by atomic mass is 32.1. The Bertz CT molecular complexity index is 534. The molecule has 1 aromatic carbocycles. The smallest absolute Gasteiger partial charge is 0.0399 e. The lowest BCUT2D eigenvalue weighted by molar-refractivity contribution is 0.127. The highest BCUT2D eigenvalue weighted by molar-refractivity contribution is 7.17. The molecular weight excluding hydrogens is 240 g/mol. The number of fused-ring (bicyclic) bond motifs is 1. The van der Waals surface area contributed by atoms with E-state index in [1.165, 1.54) is 35.0 Å². The lowest BCUT2D eigenvalue weighted by Crippen LogP contribution is -2.39. The predicted octanol–water partition coefficient (Wildman–Crippen LogP) is 3.24. The molecule has 18 heavy (non-hydrogen) atoms. The number of rotatable bonds is 2. The summed E-state index contributed by atoms with van der Waals surface area (Å²) in [7, 11) is 2.24. The third-order valence-corrected chi connectivity index (χ3v) is 5.12. The van der Waals surface area contributed by atoms with Crippen molar-refractivity contribution in [2.24, 2.45) is 11.7 Å². The van der Waals surface area contributed by atoms with Crippen molar-refractivity contribution < 1.29 is 0 Å². The monoisotopic (exact) mass is 260 g/mol. The molecule has 0 spiro atoms. The van der Waals surface area contributed by atoms with Crippen molar-refractivity contribution in [2.45, 2.75) is 18.9 Å². The third-order valence-electron chi connectivity index (χ3n) is 4.14. The Hall–Kier alpha value is -0.900. The summed E-state index contributed by atoms with van der Waals surface area (Å²) >= 11 is 1.85. The van der Waals surface area contributed by atoms with E-state index in [1.807, 2.05) is 11.3 Å². The van der Waals surface area contributed by atoms with E-state index in [0.29, 0.717) is 12.0 Å². The molecule has 0 saturated carbocycles. The average Bonchev–Trinajstić information content (AvgIpc) is 2.82. The molecule has 2 aromatic rings. The van der Waals surface area contributed by atoms with Crippen molar-refractivity contribution in [1.82, 2.24) is 4.90 Å². The zero-order valence-electron chi connectivity index (χ0n) is 10.8. The molecule has 1 aliphatic heterocycles. The molecule has 2 atom stereocenters. The first-order valence-electron chi connectivity index (χ1n) is 6.67. The molecule has 2 nitrogen and oxygen atoms in total. The van der Waals surface area contributed by atoms with E-state index in [0.717, 1.165) is 6.54 Å². The fraction of sp³-hybridized carbons (Fsp3) is 0.467. The van der Waals surface area contributed by atoms with E-state index in [-0.39, 0.29) is 0 Å². The summed E-state index contributed by atoms with van der Waals surface area (Å²) in [5.41, 5.74) is 7.46. The average molecular weight is 260 g/mol. The van der Waals surface area contributed by atoms with Gasteiger partial charge in [0.15, 0.2) is 0 Å². The quantitative estimate of drug-likeness (QED) is 0.898. The van der Waals surface area contributed by atoms with Crippen LogP contribution in [0.5, 0.6) is 0 Å². The molecule has 2 heterocycles. The van der Waals surface area contributed by atoms with Gasteiger partial charge in [-0.25, -0.2) is 0 Å². The minimum atomic E-state index is 0.500. The summed E-state index contributed by atoms with van der Waals surface area (Å²) in [6.07, 6.45) is 2.53. The second-order valence-electron chi connectivity index (χ2n) is 5.25. The number of thiophene rings is 1. The van der Waals surface area contributed by atoms with Crippen molar-refractivity contribution in [1.29, 1.82) is 0 Å². The Balaban J connectivity index is 2.06. The first-order chi connectivity index (χ1) is 8.81. The largest absolute Gasteiger partial charge is 0.330 e. The number of piperidine rings is 1.